The van der Waals surface area contributed by atoms with E-state index >= 15 is 0 Å². The summed E-state index contributed by atoms with van der Waals surface area (Å²) in [5, 5.41) is 0. The van der Waals surface area contributed by atoms with Crippen LogP contribution < -0.4 is 0 Å². The second-order valence-electron chi connectivity index (χ2n) is 5.21. The number of aryl methyl sites for hydroxylation is 1. The van der Waals surface area contributed by atoms with Gasteiger partial charge in [0.25, 0.3) is 0 Å². The minimum absolute atomic E-state index is 0.207. The highest BCUT2D eigenvalue weighted by molar-refractivity contribution is 5.88. The lowest BCUT2D eigenvalue weighted by Gasteiger charge is -2.39. The van der Waals surface area contributed by atoms with E-state index in [-0.39, 0.29) is 5.78 Å². The third kappa shape index (κ3) is 2.62. The van der Waals surface area contributed by atoms with Crippen LogP contribution >= 0.6 is 0 Å². The summed E-state index contributed by atoms with van der Waals surface area (Å²) in [5.74, 6) is 1.03. The number of carbonyl (C=O) groups excluding carboxylic acids is 1. The minimum Gasteiger partial charge on any atom is -0.379 e. The Bertz CT molecular complexity index is 420. The Labute approximate surface area is 108 Å². The van der Waals surface area contributed by atoms with Crippen LogP contribution in [0.5, 0.6) is 0 Å². The zero-order valence-electron chi connectivity index (χ0n) is 11.3. The van der Waals surface area contributed by atoms with Gasteiger partial charge in [0, 0.05) is 32.5 Å². The van der Waals surface area contributed by atoms with Gasteiger partial charge >= 0.3 is 0 Å². The van der Waals surface area contributed by atoms with Crippen LogP contribution in [0.4, 0.5) is 0 Å². The maximum atomic E-state index is 12.4. The highest BCUT2D eigenvalue weighted by Crippen LogP contribution is 2.19. The van der Waals surface area contributed by atoms with Crippen molar-refractivity contribution in [1.82, 2.24) is 14.5 Å². The van der Waals surface area contributed by atoms with Crippen LogP contribution in [0.1, 0.15) is 19.7 Å². The van der Waals surface area contributed by atoms with Crippen LogP contribution in [0, 0.1) is 0 Å². The Hall–Kier alpha value is -1.20. The molecule has 0 amide bonds. The van der Waals surface area contributed by atoms with Crippen molar-refractivity contribution in [2.24, 2.45) is 7.05 Å². The summed E-state index contributed by atoms with van der Waals surface area (Å²) in [5.41, 5.74) is -0.449. The fourth-order valence-corrected chi connectivity index (χ4v) is 2.23. The van der Waals surface area contributed by atoms with Crippen molar-refractivity contribution >= 4 is 5.78 Å². The number of ether oxygens (including phenoxy) is 1. The Morgan fingerprint density at radius 3 is 2.67 bits per heavy atom. The van der Waals surface area contributed by atoms with Crippen LogP contribution in [-0.2, 0) is 23.0 Å². The van der Waals surface area contributed by atoms with Gasteiger partial charge < -0.3 is 9.30 Å². The number of imidazole rings is 1. The number of hydrogen-bond donors (Lipinski definition) is 0. The van der Waals surface area contributed by atoms with Gasteiger partial charge in [-0.25, -0.2) is 4.98 Å². The van der Waals surface area contributed by atoms with Crippen LogP contribution in [-0.4, -0.2) is 52.1 Å². The number of rotatable bonds is 4. The first-order valence-corrected chi connectivity index (χ1v) is 6.34. The standard InChI is InChI=1S/C13H21N3O2/c1-13(2,16-6-8-18-9-7-16)11(17)10-12-14-4-5-15(12)3/h4-5H,6-10H2,1-3H3. The molecule has 0 N–H and O–H groups in total. The molecule has 0 saturated carbocycles. The van der Waals surface area contributed by atoms with Gasteiger partial charge in [0.15, 0.2) is 5.78 Å². The molecule has 18 heavy (non-hydrogen) atoms. The predicted octanol–water partition coefficient (Wildman–Crippen LogP) is 0.642. The van der Waals surface area contributed by atoms with E-state index in [2.05, 4.69) is 9.88 Å². The monoisotopic (exact) mass is 251 g/mol. The number of aromatic nitrogens is 2. The van der Waals surface area contributed by atoms with Gasteiger partial charge in [0.1, 0.15) is 5.82 Å². The molecule has 1 saturated heterocycles. The lowest BCUT2D eigenvalue weighted by molar-refractivity contribution is -0.131. The van der Waals surface area contributed by atoms with Crippen molar-refractivity contribution in [2.75, 3.05) is 26.3 Å². The smallest absolute Gasteiger partial charge is 0.160 e. The summed E-state index contributed by atoms with van der Waals surface area (Å²) >= 11 is 0. The van der Waals surface area contributed by atoms with Crippen LogP contribution in [0.3, 0.4) is 0 Å². The lowest BCUT2D eigenvalue weighted by atomic mass is 9.93. The fraction of sp³-hybridized carbons (Fsp3) is 0.692. The molecule has 2 rings (SSSR count). The van der Waals surface area contributed by atoms with E-state index in [0.29, 0.717) is 19.6 Å². The zero-order chi connectivity index (χ0) is 13.2. The molecule has 0 aromatic carbocycles. The molecule has 0 bridgehead atoms. The average molecular weight is 251 g/mol. The number of Topliss-reactive ketones (excluding diaryl/α,β-unsaturated/α-hetero) is 1. The molecule has 0 radical (unpaired) electrons. The average Bonchev–Trinajstić information content (AvgIpc) is 2.76. The molecule has 1 fully saturated rings. The summed E-state index contributed by atoms with van der Waals surface area (Å²) in [7, 11) is 1.91. The number of morpholine rings is 1. The molecule has 100 valence electrons. The number of carbonyl (C=O) groups is 1. The highest BCUT2D eigenvalue weighted by Gasteiger charge is 2.35. The molecule has 1 aromatic rings. The second-order valence-corrected chi connectivity index (χ2v) is 5.21. The van der Waals surface area contributed by atoms with Gasteiger partial charge in [-0.15, -0.1) is 0 Å². The zero-order valence-corrected chi connectivity index (χ0v) is 11.3. The Balaban J connectivity index is 2.04. The number of ketones is 1. The summed E-state index contributed by atoms with van der Waals surface area (Å²) in [4.78, 5) is 18.9. The largest absolute Gasteiger partial charge is 0.379 e. The minimum atomic E-state index is -0.449. The Morgan fingerprint density at radius 2 is 2.11 bits per heavy atom. The molecule has 0 unspecified atom stereocenters. The van der Waals surface area contributed by atoms with Gasteiger partial charge in [0.05, 0.1) is 25.2 Å². The third-order valence-corrected chi connectivity index (χ3v) is 3.72. The number of hydrogen-bond acceptors (Lipinski definition) is 4. The topological polar surface area (TPSA) is 47.4 Å². The molecule has 0 spiro atoms. The summed E-state index contributed by atoms with van der Waals surface area (Å²) in [6, 6.07) is 0. The maximum absolute atomic E-state index is 12.4. The van der Waals surface area contributed by atoms with E-state index in [9.17, 15) is 4.79 Å². The molecule has 1 aliphatic rings. The molecule has 5 nitrogen and oxygen atoms in total. The molecule has 5 heteroatoms. The first-order chi connectivity index (χ1) is 8.51. The molecule has 1 aromatic heterocycles. The first-order valence-electron chi connectivity index (χ1n) is 6.34. The van der Waals surface area contributed by atoms with Crippen molar-refractivity contribution in [3.63, 3.8) is 0 Å². The molecule has 0 aliphatic carbocycles. The van der Waals surface area contributed by atoms with Crippen molar-refractivity contribution in [2.45, 2.75) is 25.8 Å². The van der Waals surface area contributed by atoms with E-state index < -0.39 is 5.54 Å². The molecule has 2 heterocycles. The van der Waals surface area contributed by atoms with Crippen molar-refractivity contribution in [3.05, 3.63) is 18.2 Å². The van der Waals surface area contributed by atoms with E-state index in [1.165, 1.54) is 0 Å². The van der Waals surface area contributed by atoms with Crippen molar-refractivity contribution in [1.29, 1.82) is 0 Å². The van der Waals surface area contributed by atoms with Gasteiger partial charge in [-0.3, -0.25) is 9.69 Å². The summed E-state index contributed by atoms with van der Waals surface area (Å²) < 4.78 is 7.23. The van der Waals surface area contributed by atoms with Gasteiger partial charge in [-0.1, -0.05) is 0 Å². The first kappa shape index (κ1) is 13.2. The van der Waals surface area contributed by atoms with Crippen LogP contribution in [0.2, 0.25) is 0 Å². The third-order valence-electron chi connectivity index (χ3n) is 3.72. The van der Waals surface area contributed by atoms with Gasteiger partial charge in [-0.05, 0) is 13.8 Å². The van der Waals surface area contributed by atoms with E-state index in [0.717, 1.165) is 18.9 Å². The van der Waals surface area contributed by atoms with Gasteiger partial charge in [-0.2, -0.15) is 0 Å². The maximum Gasteiger partial charge on any atom is 0.160 e. The van der Waals surface area contributed by atoms with E-state index in [4.69, 9.17) is 4.74 Å². The molecule has 0 atom stereocenters. The Morgan fingerprint density at radius 1 is 1.44 bits per heavy atom. The fourth-order valence-electron chi connectivity index (χ4n) is 2.23. The SMILES string of the molecule is Cn1ccnc1CC(=O)C(C)(C)N1CCOCC1. The molecular weight excluding hydrogens is 230 g/mol. The van der Waals surface area contributed by atoms with Gasteiger partial charge in [0.2, 0.25) is 0 Å². The highest BCUT2D eigenvalue weighted by atomic mass is 16.5. The van der Waals surface area contributed by atoms with Crippen molar-refractivity contribution in [3.8, 4) is 0 Å². The van der Waals surface area contributed by atoms with Crippen molar-refractivity contribution < 1.29 is 9.53 Å². The summed E-state index contributed by atoms with van der Waals surface area (Å²) in [6.45, 7) is 7.03. The predicted molar refractivity (Wildman–Crippen MR) is 68.4 cm³/mol. The van der Waals surface area contributed by atoms with E-state index in [1.54, 1.807) is 6.20 Å². The van der Waals surface area contributed by atoms with Crippen LogP contribution in [0.25, 0.3) is 0 Å². The van der Waals surface area contributed by atoms with E-state index in [1.807, 2.05) is 31.7 Å². The normalized spacial score (nSPS) is 17.9. The number of nitrogens with zero attached hydrogens (tertiary/aromatic N) is 3. The quantitative estimate of drug-likeness (QED) is 0.788. The molecule has 1 aliphatic heterocycles. The second kappa shape index (κ2) is 5.20. The lowest BCUT2D eigenvalue weighted by Crippen LogP contribution is -2.55. The van der Waals surface area contributed by atoms with Crippen LogP contribution in [0.15, 0.2) is 12.4 Å². The summed E-state index contributed by atoms with van der Waals surface area (Å²) in [6.07, 6.45) is 3.97. The molecular formula is C13H21N3O2. The Kier molecular flexibility index (Phi) is 3.82.